The van der Waals surface area contributed by atoms with E-state index in [4.69, 9.17) is 4.55 Å². The molecule has 0 unspecified atom stereocenters. The van der Waals surface area contributed by atoms with Crippen molar-refractivity contribution < 1.29 is 115 Å². The van der Waals surface area contributed by atoms with Gasteiger partial charge in [-0.1, -0.05) is 49.0 Å². The molecule has 282 valence electrons. The Morgan fingerprint density at radius 3 is 1.88 bits per heavy atom. The molecular formula is C32H25CrN10Na2O11S+. The molecule has 0 amide bonds. The summed E-state index contributed by atoms with van der Waals surface area (Å²) in [5.74, 6) is -1.47. The van der Waals surface area contributed by atoms with Gasteiger partial charge in [0.25, 0.3) is 15.8 Å². The van der Waals surface area contributed by atoms with E-state index < -0.39 is 47.5 Å². The number of nitro benzene ring substituents is 2. The van der Waals surface area contributed by atoms with Gasteiger partial charge in [-0.25, -0.2) is 9.78 Å². The van der Waals surface area contributed by atoms with Crippen LogP contribution in [0.4, 0.5) is 34.1 Å². The van der Waals surface area contributed by atoms with E-state index in [-0.39, 0.29) is 117 Å². The Kier molecular flexibility index (Phi) is 17.2. The molecule has 0 aliphatic carbocycles. The van der Waals surface area contributed by atoms with Gasteiger partial charge in [-0.2, -0.15) is 23.3 Å². The van der Waals surface area contributed by atoms with Crippen LogP contribution < -0.4 is 64.7 Å². The van der Waals surface area contributed by atoms with Crippen molar-refractivity contribution in [2.75, 3.05) is 0 Å². The van der Waals surface area contributed by atoms with Gasteiger partial charge >= 0.3 is 64.8 Å². The fraction of sp³-hybridized carbons (Fsp3) is 0.0625. The Hall–Kier alpha value is -5.06. The molecule has 4 N–H and O–H groups in total. The van der Waals surface area contributed by atoms with Crippen molar-refractivity contribution in [2.24, 2.45) is 20.5 Å². The van der Waals surface area contributed by atoms with Crippen molar-refractivity contribution in [1.29, 1.82) is 0 Å². The molecule has 0 saturated heterocycles. The van der Waals surface area contributed by atoms with Gasteiger partial charge in [-0.05, 0) is 43.3 Å². The predicted octanol–water partition coefficient (Wildman–Crippen LogP) is 0.457. The molecule has 0 aliphatic heterocycles. The SMILES string of the molecule is Cc1nn(-c2ccccc2)c(=O)[c-]1N=Nc1cc(S(=O)(=O)O)cc([N+](=O)[O-])c1O.Cc1nn(-c2ccccc2)c(O)c1N=Nc1cc([N+](=O)[O-])ccc1O.[Cr].[Na+].[Na+]. The smallest absolute Gasteiger partial charge is 0.506 e. The number of benzene rings is 4. The van der Waals surface area contributed by atoms with Gasteiger partial charge < -0.3 is 25.2 Å². The zero-order valence-electron chi connectivity index (χ0n) is 30.1. The van der Waals surface area contributed by atoms with Gasteiger partial charge in [0.05, 0.1) is 26.9 Å². The first kappa shape index (κ1) is 48.1. The number of non-ortho nitro benzene ring substituents is 1. The molecule has 6 aromatic rings. The average Bonchev–Trinajstić information content (AvgIpc) is 3.59. The van der Waals surface area contributed by atoms with E-state index in [0.717, 1.165) is 22.9 Å². The number of phenols is 2. The molecule has 0 spiro atoms. The monoisotopic (exact) mass is 855 g/mol. The molecule has 0 radical (unpaired) electrons. The topological polar surface area (TPSA) is 303 Å². The van der Waals surface area contributed by atoms with E-state index in [1.807, 2.05) is 6.07 Å². The number of azo groups is 2. The number of aromatic nitrogens is 4. The zero-order valence-corrected chi connectivity index (χ0v) is 36.2. The molecule has 2 aromatic heterocycles. The summed E-state index contributed by atoms with van der Waals surface area (Å²) in [4.78, 5) is 31.8. The minimum Gasteiger partial charge on any atom is -0.506 e. The van der Waals surface area contributed by atoms with Gasteiger partial charge in [0.2, 0.25) is 11.6 Å². The molecule has 21 nitrogen and oxygen atoms in total. The third-order valence-corrected chi connectivity index (χ3v) is 8.05. The van der Waals surface area contributed by atoms with Crippen LogP contribution in [0, 0.1) is 34.1 Å². The van der Waals surface area contributed by atoms with Crippen LogP contribution in [0.1, 0.15) is 11.4 Å². The second-order valence-electron chi connectivity index (χ2n) is 10.9. The Labute approximate surface area is 376 Å². The van der Waals surface area contributed by atoms with Crippen molar-refractivity contribution in [1.82, 2.24) is 19.6 Å². The molecule has 0 bridgehead atoms. The van der Waals surface area contributed by atoms with Crippen molar-refractivity contribution in [3.05, 3.63) is 133 Å². The molecule has 6 rings (SSSR count). The third kappa shape index (κ3) is 11.3. The molecule has 0 saturated carbocycles. The number of para-hydroxylation sites is 2. The van der Waals surface area contributed by atoms with E-state index in [1.165, 1.54) is 11.6 Å². The van der Waals surface area contributed by atoms with Crippen molar-refractivity contribution in [3.63, 3.8) is 0 Å². The Bertz CT molecular complexity index is 2640. The van der Waals surface area contributed by atoms with Crippen LogP contribution in [0.5, 0.6) is 17.4 Å². The van der Waals surface area contributed by atoms with Crippen LogP contribution in [-0.2, 0) is 27.5 Å². The van der Waals surface area contributed by atoms with E-state index >= 15 is 0 Å². The maximum absolute atomic E-state index is 12.5. The van der Waals surface area contributed by atoms with Gasteiger partial charge in [0.15, 0.2) is 5.69 Å². The molecule has 0 aliphatic rings. The number of aryl methyl sites for hydroxylation is 2. The van der Waals surface area contributed by atoms with Crippen LogP contribution >= 0.6 is 0 Å². The van der Waals surface area contributed by atoms with Crippen molar-refractivity contribution in [2.45, 2.75) is 18.7 Å². The van der Waals surface area contributed by atoms with E-state index in [1.54, 1.807) is 61.5 Å². The van der Waals surface area contributed by atoms with E-state index in [9.17, 15) is 48.8 Å². The number of nitrogens with zero attached hydrogens (tertiary/aromatic N) is 10. The van der Waals surface area contributed by atoms with E-state index in [2.05, 4.69) is 30.7 Å². The van der Waals surface area contributed by atoms with Gasteiger partial charge in [-0.15, -0.1) is 15.9 Å². The Morgan fingerprint density at radius 1 is 0.754 bits per heavy atom. The predicted molar refractivity (Wildman–Crippen MR) is 188 cm³/mol. The molecule has 0 atom stereocenters. The first-order chi connectivity index (χ1) is 25.6. The van der Waals surface area contributed by atoms with Crippen LogP contribution in [-0.4, -0.2) is 57.7 Å². The summed E-state index contributed by atoms with van der Waals surface area (Å²) in [6.45, 7) is 3.12. The summed E-state index contributed by atoms with van der Waals surface area (Å²) >= 11 is 0. The number of rotatable bonds is 9. The average molecular weight is 856 g/mol. The molecule has 0 fully saturated rings. The van der Waals surface area contributed by atoms with Crippen molar-refractivity contribution >= 4 is 44.2 Å². The summed E-state index contributed by atoms with van der Waals surface area (Å²) in [5, 5.41) is 75.1. The number of nitro groups is 2. The van der Waals surface area contributed by atoms with Crippen LogP contribution in [0.2, 0.25) is 0 Å². The molecule has 25 heteroatoms. The van der Waals surface area contributed by atoms with Gasteiger partial charge in [0.1, 0.15) is 27.6 Å². The first-order valence-electron chi connectivity index (χ1n) is 15.0. The number of phenolic OH excluding ortho intramolecular Hbond substituents is 2. The maximum Gasteiger partial charge on any atom is 1.00 e. The summed E-state index contributed by atoms with van der Waals surface area (Å²) in [5.41, 5.74) is -0.992. The molecule has 2 heterocycles. The number of hydrogen-bond acceptors (Lipinski definition) is 16. The minimum absolute atomic E-state index is 0. The second kappa shape index (κ2) is 20.4. The molecule has 57 heavy (non-hydrogen) atoms. The van der Waals surface area contributed by atoms with Gasteiger partial charge in [-0.3, -0.25) is 24.8 Å². The Balaban J connectivity index is 0.000000377. The third-order valence-electron chi connectivity index (χ3n) is 7.22. The summed E-state index contributed by atoms with van der Waals surface area (Å²) in [6, 6.07) is 22.0. The number of hydrogen-bond donors (Lipinski definition) is 4. The maximum atomic E-state index is 12.5. The van der Waals surface area contributed by atoms with E-state index in [0.29, 0.717) is 29.2 Å². The van der Waals surface area contributed by atoms with Gasteiger partial charge in [0, 0.05) is 35.6 Å². The largest absolute Gasteiger partial charge is 1.00 e. The Morgan fingerprint density at radius 2 is 1.33 bits per heavy atom. The summed E-state index contributed by atoms with van der Waals surface area (Å²) in [7, 11) is -4.82. The fourth-order valence-corrected chi connectivity index (χ4v) is 5.11. The zero-order chi connectivity index (χ0) is 39.3. The molecular weight excluding hydrogens is 830 g/mol. The summed E-state index contributed by atoms with van der Waals surface area (Å²) in [6.07, 6.45) is 0. The minimum atomic E-state index is -4.82. The number of aromatic hydroxyl groups is 3. The van der Waals surface area contributed by atoms with Crippen LogP contribution in [0.3, 0.4) is 0 Å². The fourth-order valence-electron chi connectivity index (χ4n) is 4.59. The standard InChI is InChI=1S/C16H12N5O7S.C16H13N5O4.Cr.2Na/c1-9-14(16(23)20(19-9)10-5-3-2-4-6-10)18-17-12-7-11(29(26,27)28)8-13(15(12)22)21(24)25;1-10-15(16(23)20(19-10)11-5-3-2-4-6-11)18-17-13-9-12(21(24)25)7-8-14(13)22;;;/h2-8,22H,1H3,(H,26,27,28);2-9,22-23H,1H3;;;/q-1;;;2*+1. The molecule has 4 aromatic carbocycles. The van der Waals surface area contributed by atoms with Crippen molar-refractivity contribution in [3.8, 4) is 28.8 Å². The summed E-state index contributed by atoms with van der Waals surface area (Å²) < 4.78 is 34.2. The normalized spacial score (nSPS) is 10.9. The quantitative estimate of drug-likeness (QED) is 0.0384. The van der Waals surface area contributed by atoms with Crippen LogP contribution in [0.15, 0.2) is 121 Å². The first-order valence-corrected chi connectivity index (χ1v) is 16.5. The second-order valence-corrected chi connectivity index (χ2v) is 12.3. The van der Waals surface area contributed by atoms with Crippen LogP contribution in [0.25, 0.3) is 11.4 Å².